The van der Waals surface area contributed by atoms with Gasteiger partial charge in [-0.1, -0.05) is 0 Å². The van der Waals surface area contributed by atoms with Gasteiger partial charge in [-0.2, -0.15) is 13.2 Å². The molecule has 1 N–H and O–H groups in total. The molecule has 12 heteroatoms. The summed E-state index contributed by atoms with van der Waals surface area (Å²) < 4.78 is 76.0. The van der Waals surface area contributed by atoms with Crippen molar-refractivity contribution in [1.82, 2.24) is 10.2 Å². The van der Waals surface area contributed by atoms with Gasteiger partial charge in [0.1, 0.15) is 0 Å². The Hall–Kier alpha value is -1.01. The highest BCUT2D eigenvalue weighted by molar-refractivity contribution is 8.12. The van der Waals surface area contributed by atoms with Crippen molar-refractivity contribution in [2.45, 2.75) is 12.4 Å². The molecular formula is C7H13F3N3O4S2-. The highest BCUT2D eigenvalue weighted by Crippen LogP contribution is 2.29. The van der Waals surface area contributed by atoms with Crippen molar-refractivity contribution < 1.29 is 30.0 Å². The smallest absolute Gasteiger partial charge is 0.429 e. The molecule has 0 radical (unpaired) electrons. The number of sulfonamides is 2. The molecule has 0 fully saturated rings. The minimum Gasteiger partial charge on any atom is -0.429 e. The van der Waals surface area contributed by atoms with Crippen LogP contribution in [0, 0.1) is 0 Å². The fraction of sp³-hybridized carbons (Fsp3) is 0.714. The summed E-state index contributed by atoms with van der Waals surface area (Å²) in [6.45, 7) is 4.22. The van der Waals surface area contributed by atoms with Gasteiger partial charge in [-0.05, 0) is 6.92 Å². The van der Waals surface area contributed by atoms with Crippen LogP contribution in [0.5, 0.6) is 0 Å². The first-order valence-corrected chi connectivity index (χ1v) is 8.07. The van der Waals surface area contributed by atoms with E-state index in [1.165, 1.54) is 0 Å². The molecule has 0 amide bonds. The largest absolute Gasteiger partial charge is 0.480 e. The third-order valence-corrected chi connectivity index (χ3v) is 4.08. The van der Waals surface area contributed by atoms with Gasteiger partial charge < -0.3 is 14.3 Å². The van der Waals surface area contributed by atoms with E-state index in [9.17, 15) is 30.0 Å². The van der Waals surface area contributed by atoms with Crippen molar-refractivity contribution in [3.05, 3.63) is 16.5 Å². The number of hydrogen-bond acceptors (Lipinski definition) is 6. The molecule has 0 spiro atoms. The maximum Gasteiger partial charge on any atom is 0.480 e. The number of hydrogen-bond donors (Lipinski definition) is 1. The summed E-state index contributed by atoms with van der Waals surface area (Å²) in [4.78, 5) is 2.19. The van der Waals surface area contributed by atoms with E-state index < -0.39 is 25.6 Å². The van der Waals surface area contributed by atoms with Crippen LogP contribution in [0.25, 0.3) is 4.13 Å². The quantitative estimate of drug-likeness (QED) is 0.812. The molecule has 0 atom stereocenters. The third kappa shape index (κ3) is 7.22. The van der Waals surface area contributed by atoms with Crippen molar-refractivity contribution in [2.24, 2.45) is 0 Å². The van der Waals surface area contributed by atoms with E-state index in [0.29, 0.717) is 0 Å². The van der Waals surface area contributed by atoms with E-state index in [1.807, 2.05) is 6.20 Å². The minimum atomic E-state index is -5.92. The molecule has 0 saturated heterocycles. The summed E-state index contributed by atoms with van der Waals surface area (Å²) in [5.74, 6) is 0. The van der Waals surface area contributed by atoms with Crippen molar-refractivity contribution >= 4 is 20.0 Å². The highest BCUT2D eigenvalue weighted by atomic mass is 32.3. The van der Waals surface area contributed by atoms with E-state index >= 15 is 0 Å². The van der Waals surface area contributed by atoms with Crippen LogP contribution < -0.4 is 5.32 Å². The van der Waals surface area contributed by atoms with Gasteiger partial charge in [-0.25, -0.2) is 16.8 Å². The maximum atomic E-state index is 11.4. The first-order valence-electron chi connectivity index (χ1n) is 4.78. The normalized spacial score (nSPS) is 15.7. The summed E-state index contributed by atoms with van der Waals surface area (Å²) in [5.41, 5.74) is -5.67. The first kappa shape index (κ1) is 18.0. The topological polar surface area (TPSA) is 97.7 Å². The van der Waals surface area contributed by atoms with Gasteiger partial charge >= 0.3 is 5.51 Å². The van der Waals surface area contributed by atoms with Gasteiger partial charge in [0, 0.05) is 25.2 Å². The predicted molar refractivity (Wildman–Crippen MR) is 62.7 cm³/mol. The Bertz CT molecular complexity index is 512. The van der Waals surface area contributed by atoms with Crippen molar-refractivity contribution in [3.8, 4) is 0 Å². The number of halogens is 3. The monoisotopic (exact) mass is 324 g/mol. The van der Waals surface area contributed by atoms with Gasteiger partial charge in [-0.3, -0.25) is 0 Å². The standard InChI is InChI=1S/C5H10N2.C2H3F3NO4S2/c1-2-7-4-3-6-5-7;1-11(7,8)6-12(9,10)2(3,4)5/h3-4,6H,2,5H2,1H3;1H3/q;-1. The van der Waals surface area contributed by atoms with Crippen LogP contribution in [0.3, 0.4) is 0 Å². The van der Waals surface area contributed by atoms with Crippen molar-refractivity contribution in [2.75, 3.05) is 19.5 Å². The Labute approximate surface area is 109 Å². The Morgan fingerprint density at radius 2 is 1.84 bits per heavy atom. The molecule has 7 nitrogen and oxygen atoms in total. The molecule has 0 unspecified atom stereocenters. The summed E-state index contributed by atoms with van der Waals surface area (Å²) in [5, 5.41) is 3.07. The lowest BCUT2D eigenvalue weighted by Gasteiger charge is -2.19. The zero-order chi connectivity index (χ0) is 15.3. The van der Waals surface area contributed by atoms with Crippen LogP contribution in [0.4, 0.5) is 13.2 Å². The van der Waals surface area contributed by atoms with Crippen LogP contribution in [-0.4, -0.2) is 46.7 Å². The summed E-state index contributed by atoms with van der Waals surface area (Å²) >= 11 is 0. The van der Waals surface area contributed by atoms with Crippen LogP contribution in [0.1, 0.15) is 6.92 Å². The molecule has 0 bridgehead atoms. The molecule has 1 rings (SSSR count). The molecule has 1 aliphatic rings. The molecule has 0 aromatic carbocycles. The third-order valence-electron chi connectivity index (χ3n) is 1.63. The zero-order valence-corrected chi connectivity index (χ0v) is 11.7. The second-order valence-electron chi connectivity index (χ2n) is 3.31. The fourth-order valence-electron chi connectivity index (χ4n) is 0.818. The van der Waals surface area contributed by atoms with Crippen molar-refractivity contribution in [3.63, 3.8) is 0 Å². The number of alkyl halides is 3. The Morgan fingerprint density at radius 3 is 2.00 bits per heavy atom. The summed E-state index contributed by atoms with van der Waals surface area (Å²) in [6, 6.07) is 0. The molecule has 0 aliphatic carbocycles. The molecule has 0 aromatic rings. The van der Waals surface area contributed by atoms with Crippen LogP contribution >= 0.6 is 0 Å². The SMILES string of the molecule is CCN1C=CNC1.CS(=O)(=O)[N-]S(=O)(=O)C(F)(F)F. The zero-order valence-electron chi connectivity index (χ0n) is 10.0. The van der Waals surface area contributed by atoms with Gasteiger partial charge in [0.05, 0.1) is 16.7 Å². The number of nitrogens with zero attached hydrogens (tertiary/aromatic N) is 2. The van der Waals surface area contributed by atoms with E-state index in [-0.39, 0.29) is 6.26 Å². The van der Waals surface area contributed by atoms with Crippen molar-refractivity contribution in [1.29, 1.82) is 0 Å². The van der Waals surface area contributed by atoms with Gasteiger partial charge in [0.2, 0.25) is 0 Å². The average Bonchev–Trinajstić information content (AvgIpc) is 2.64. The molecule has 114 valence electrons. The molecule has 1 heterocycles. The second kappa shape index (κ2) is 6.43. The van der Waals surface area contributed by atoms with Gasteiger partial charge in [0.15, 0.2) is 10.0 Å². The van der Waals surface area contributed by atoms with Crippen LogP contribution in [0.2, 0.25) is 0 Å². The van der Waals surface area contributed by atoms with Crippen LogP contribution in [-0.2, 0) is 20.0 Å². The first-order chi connectivity index (χ1) is 8.39. The predicted octanol–water partition coefficient (Wildman–Crippen LogP) is 0.510. The summed E-state index contributed by atoms with van der Waals surface area (Å²) in [7, 11) is -10.5. The Balaban J connectivity index is 0.000000388. The second-order valence-corrected chi connectivity index (χ2v) is 6.79. The highest BCUT2D eigenvalue weighted by Gasteiger charge is 2.39. The lowest BCUT2D eigenvalue weighted by molar-refractivity contribution is -0.0425. The van der Waals surface area contributed by atoms with E-state index in [0.717, 1.165) is 13.2 Å². The van der Waals surface area contributed by atoms with Gasteiger partial charge in [-0.15, -0.1) is 0 Å². The van der Waals surface area contributed by atoms with Crippen LogP contribution in [0.15, 0.2) is 12.4 Å². The number of rotatable bonds is 3. The Kier molecular flexibility index (Phi) is 6.09. The summed E-state index contributed by atoms with van der Waals surface area (Å²) in [6.07, 6.45) is 4.26. The molecular weight excluding hydrogens is 311 g/mol. The molecule has 0 aromatic heterocycles. The lowest BCUT2D eigenvalue weighted by atomic mass is 10.6. The fourth-order valence-corrected chi connectivity index (χ4v) is 2.58. The maximum absolute atomic E-state index is 11.4. The molecule has 19 heavy (non-hydrogen) atoms. The van der Waals surface area contributed by atoms with E-state index in [2.05, 4.69) is 23.3 Å². The van der Waals surface area contributed by atoms with Gasteiger partial charge in [0.25, 0.3) is 0 Å². The minimum absolute atomic E-state index is 0.246. The van der Waals surface area contributed by atoms with E-state index in [4.69, 9.17) is 0 Å². The Morgan fingerprint density at radius 1 is 1.32 bits per heavy atom. The molecule has 0 saturated carbocycles. The average molecular weight is 324 g/mol. The lowest BCUT2D eigenvalue weighted by Crippen LogP contribution is -2.23. The molecule has 1 aliphatic heterocycles. The van der Waals surface area contributed by atoms with E-state index in [1.54, 1.807) is 4.13 Å². The number of nitrogens with one attached hydrogen (secondary N) is 1.